The van der Waals surface area contributed by atoms with Crippen molar-refractivity contribution in [1.29, 1.82) is 0 Å². The van der Waals surface area contributed by atoms with E-state index in [9.17, 15) is 20.1 Å². The lowest BCUT2D eigenvalue weighted by Gasteiger charge is -2.40. The van der Waals surface area contributed by atoms with Gasteiger partial charge in [-0.3, -0.25) is 0 Å². The molecule has 5 N–H and O–H groups in total. The zero-order valence-electron chi connectivity index (χ0n) is 12.3. The number of benzene rings is 1. The van der Waals surface area contributed by atoms with E-state index < -0.39 is 42.9 Å². The first-order valence-corrected chi connectivity index (χ1v) is 8.29. The zero-order chi connectivity index (χ0) is 17.4. The van der Waals surface area contributed by atoms with Crippen LogP contribution in [-0.2, 0) is 4.74 Å². The predicted octanol–water partition coefficient (Wildman–Crippen LogP) is -0.391. The van der Waals surface area contributed by atoms with E-state index in [4.69, 9.17) is 14.3 Å². The van der Waals surface area contributed by atoms with E-state index in [0.717, 1.165) is 8.96 Å². The molecule has 0 radical (unpaired) electrons. The summed E-state index contributed by atoms with van der Waals surface area (Å²) in [5, 5.41) is 42.7. The van der Waals surface area contributed by atoms with Gasteiger partial charge in [-0.05, 0) is 34.7 Å². The van der Waals surface area contributed by atoms with Crippen LogP contribution in [0, 0.1) is 3.57 Å². The summed E-state index contributed by atoms with van der Waals surface area (Å²) < 4.78 is 11.0. The smallest absolute Gasteiger partial charge is 0.337 e. The van der Waals surface area contributed by atoms with Crippen molar-refractivity contribution in [3.8, 4) is 0 Å². The van der Waals surface area contributed by atoms with Gasteiger partial charge < -0.3 is 34.9 Å². The van der Waals surface area contributed by atoms with Gasteiger partial charge in [0.1, 0.15) is 29.9 Å². The molecular formula is C15H16INO7. The maximum atomic E-state index is 11.5. The van der Waals surface area contributed by atoms with Gasteiger partial charge in [-0.25, -0.2) is 4.79 Å². The molecule has 130 valence electrons. The molecule has 2 unspecified atom stereocenters. The molecule has 3 rings (SSSR count). The highest BCUT2D eigenvalue weighted by atomic mass is 127. The van der Waals surface area contributed by atoms with Crippen molar-refractivity contribution >= 4 is 39.2 Å². The fraction of sp³-hybridized carbons (Fsp3) is 0.400. The number of aliphatic hydroxyl groups is 4. The first-order valence-electron chi connectivity index (χ1n) is 7.21. The molecule has 5 atom stereocenters. The number of fused-ring (bicyclic) bond motifs is 1. The van der Waals surface area contributed by atoms with Crippen LogP contribution in [-0.4, -0.2) is 57.7 Å². The van der Waals surface area contributed by atoms with Crippen molar-refractivity contribution in [2.75, 3.05) is 11.9 Å². The van der Waals surface area contributed by atoms with Crippen molar-refractivity contribution in [2.45, 2.75) is 30.6 Å². The number of rotatable bonds is 3. The SMILES string of the molecule is O=c1cc(I)c2ccc(N[C@H]3C(O)[C@H](O)C(CO)O[C@H]3O)cc2o1. The Labute approximate surface area is 149 Å². The Balaban J connectivity index is 1.88. The van der Waals surface area contributed by atoms with Crippen LogP contribution in [0.5, 0.6) is 0 Å². The van der Waals surface area contributed by atoms with Crippen LogP contribution in [0.15, 0.2) is 33.5 Å². The highest BCUT2D eigenvalue weighted by Crippen LogP contribution is 2.26. The Kier molecular flexibility index (Phi) is 5.08. The Hall–Kier alpha value is -1.24. The van der Waals surface area contributed by atoms with Gasteiger partial charge in [-0.15, -0.1) is 0 Å². The molecule has 0 aliphatic carbocycles. The molecule has 0 amide bonds. The van der Waals surface area contributed by atoms with E-state index in [1.54, 1.807) is 18.2 Å². The molecule has 1 aliphatic heterocycles. The second kappa shape index (κ2) is 6.94. The topological polar surface area (TPSA) is 132 Å². The number of nitrogens with one attached hydrogen (secondary N) is 1. The van der Waals surface area contributed by atoms with Gasteiger partial charge in [-0.2, -0.15) is 0 Å². The number of hydrogen-bond donors (Lipinski definition) is 5. The van der Waals surface area contributed by atoms with Gasteiger partial charge in [-0.1, -0.05) is 0 Å². The van der Waals surface area contributed by atoms with Crippen LogP contribution in [0.2, 0.25) is 0 Å². The minimum Gasteiger partial charge on any atom is -0.423 e. The van der Waals surface area contributed by atoms with Crippen molar-refractivity contribution in [1.82, 2.24) is 0 Å². The average molecular weight is 449 g/mol. The first-order chi connectivity index (χ1) is 11.4. The summed E-state index contributed by atoms with van der Waals surface area (Å²) in [7, 11) is 0. The summed E-state index contributed by atoms with van der Waals surface area (Å²) in [6.45, 7) is -0.526. The summed E-state index contributed by atoms with van der Waals surface area (Å²) in [6.07, 6.45) is -5.21. The molecule has 2 heterocycles. The number of aliphatic hydroxyl groups excluding tert-OH is 4. The summed E-state index contributed by atoms with van der Waals surface area (Å²) in [4.78, 5) is 11.5. The molecule has 1 aromatic heterocycles. The fourth-order valence-corrected chi connectivity index (χ4v) is 3.36. The molecule has 0 spiro atoms. The zero-order valence-corrected chi connectivity index (χ0v) is 14.5. The fourth-order valence-electron chi connectivity index (χ4n) is 2.66. The third-order valence-corrected chi connectivity index (χ3v) is 4.82. The highest BCUT2D eigenvalue weighted by Gasteiger charge is 2.43. The number of ether oxygens (including phenoxy) is 1. The Morgan fingerprint density at radius 3 is 2.62 bits per heavy atom. The summed E-state index contributed by atoms with van der Waals surface area (Å²) in [5.74, 6) is 0. The quantitative estimate of drug-likeness (QED) is 0.316. The van der Waals surface area contributed by atoms with Crippen LogP contribution in [0.1, 0.15) is 0 Å². The van der Waals surface area contributed by atoms with E-state index >= 15 is 0 Å². The van der Waals surface area contributed by atoms with Crippen molar-refractivity contribution in [2.24, 2.45) is 0 Å². The van der Waals surface area contributed by atoms with Gasteiger partial charge in [0.25, 0.3) is 0 Å². The van der Waals surface area contributed by atoms with Gasteiger partial charge in [0.05, 0.1) is 6.61 Å². The second-order valence-corrected chi connectivity index (χ2v) is 6.69. The summed E-state index contributed by atoms with van der Waals surface area (Å²) in [5.41, 5.74) is 0.340. The highest BCUT2D eigenvalue weighted by molar-refractivity contribution is 14.1. The van der Waals surface area contributed by atoms with E-state index in [0.29, 0.717) is 11.3 Å². The maximum Gasteiger partial charge on any atom is 0.337 e. The van der Waals surface area contributed by atoms with Crippen molar-refractivity contribution < 1.29 is 29.6 Å². The molecule has 1 aliphatic rings. The lowest BCUT2D eigenvalue weighted by molar-refractivity contribution is -0.245. The van der Waals surface area contributed by atoms with E-state index in [2.05, 4.69) is 5.32 Å². The number of hydrogen-bond acceptors (Lipinski definition) is 8. The normalized spacial score (nSPS) is 30.5. The Bertz CT molecular complexity index is 795. The monoisotopic (exact) mass is 449 g/mol. The number of halogens is 1. The van der Waals surface area contributed by atoms with Crippen LogP contribution in [0.25, 0.3) is 11.0 Å². The predicted molar refractivity (Wildman–Crippen MR) is 92.6 cm³/mol. The molecule has 1 saturated heterocycles. The van der Waals surface area contributed by atoms with E-state index in [-0.39, 0.29) is 0 Å². The van der Waals surface area contributed by atoms with Crippen molar-refractivity contribution in [3.63, 3.8) is 0 Å². The minimum absolute atomic E-state index is 0.353. The van der Waals surface area contributed by atoms with Crippen LogP contribution < -0.4 is 10.9 Å². The van der Waals surface area contributed by atoms with Gasteiger partial charge in [0.2, 0.25) is 0 Å². The lowest BCUT2D eigenvalue weighted by atomic mass is 9.97. The molecule has 1 fully saturated rings. The summed E-state index contributed by atoms with van der Waals surface area (Å²) >= 11 is 2.03. The van der Waals surface area contributed by atoms with E-state index in [1.807, 2.05) is 22.6 Å². The molecular weight excluding hydrogens is 433 g/mol. The van der Waals surface area contributed by atoms with Gasteiger partial charge in [0.15, 0.2) is 6.29 Å². The second-order valence-electron chi connectivity index (χ2n) is 5.52. The average Bonchev–Trinajstić information content (AvgIpc) is 2.54. The maximum absolute atomic E-state index is 11.5. The van der Waals surface area contributed by atoms with Crippen LogP contribution >= 0.6 is 22.6 Å². The molecule has 0 bridgehead atoms. The Morgan fingerprint density at radius 1 is 1.17 bits per heavy atom. The Morgan fingerprint density at radius 2 is 1.92 bits per heavy atom. The first kappa shape index (κ1) is 17.6. The van der Waals surface area contributed by atoms with Crippen molar-refractivity contribution in [3.05, 3.63) is 38.3 Å². The largest absolute Gasteiger partial charge is 0.423 e. The summed E-state index contributed by atoms with van der Waals surface area (Å²) in [6, 6.07) is 5.34. The third-order valence-electron chi connectivity index (χ3n) is 3.93. The molecule has 0 saturated carbocycles. The molecule has 8 nitrogen and oxygen atoms in total. The van der Waals surface area contributed by atoms with Crippen LogP contribution in [0.4, 0.5) is 5.69 Å². The molecule has 1 aromatic carbocycles. The molecule has 24 heavy (non-hydrogen) atoms. The van der Waals surface area contributed by atoms with Crippen LogP contribution in [0.3, 0.4) is 0 Å². The third kappa shape index (κ3) is 3.27. The standard InChI is InChI=1S/C15H16INO7/c16-8-4-11(19)23-9-3-6(1-2-7(8)9)17-12-14(21)13(20)10(5-18)24-15(12)22/h1-4,10,12-15,17-18,20-22H,5H2/t10?,12-,13+,14?,15+/m0/s1. The lowest BCUT2D eigenvalue weighted by Crippen LogP contribution is -2.61. The van der Waals surface area contributed by atoms with Gasteiger partial charge in [0, 0.05) is 26.8 Å². The molecule has 2 aromatic rings. The number of anilines is 1. The minimum atomic E-state index is -1.43. The molecule has 9 heteroatoms. The van der Waals surface area contributed by atoms with Gasteiger partial charge >= 0.3 is 5.63 Å². The van der Waals surface area contributed by atoms with E-state index in [1.165, 1.54) is 6.07 Å².